The van der Waals surface area contributed by atoms with Crippen LogP contribution in [-0.4, -0.2) is 12.6 Å². The van der Waals surface area contributed by atoms with E-state index in [1.807, 2.05) is 54.6 Å². The summed E-state index contributed by atoms with van der Waals surface area (Å²) >= 11 is 4.83. The Hall–Kier alpha value is -2.24. The summed E-state index contributed by atoms with van der Waals surface area (Å²) in [6, 6.07) is 18.7. The molecule has 2 aromatic carbocycles. The number of ether oxygens (including phenoxy) is 1. The molecule has 0 aliphatic carbocycles. The van der Waals surface area contributed by atoms with Gasteiger partial charge >= 0.3 is 5.97 Å². The summed E-state index contributed by atoms with van der Waals surface area (Å²) in [6.07, 6.45) is 0. The van der Waals surface area contributed by atoms with Gasteiger partial charge in [-0.25, -0.2) is 4.79 Å². The predicted octanol–water partition coefficient (Wildman–Crippen LogP) is 5.38. The molecule has 0 bridgehead atoms. The van der Waals surface area contributed by atoms with Crippen molar-refractivity contribution < 1.29 is 9.53 Å². The third-order valence-electron chi connectivity index (χ3n) is 3.59. The monoisotopic (exact) mass is 414 g/mol. The van der Waals surface area contributed by atoms with E-state index >= 15 is 0 Å². The Labute approximate surface area is 158 Å². The smallest absolute Gasteiger partial charge is 0.343 e. The van der Waals surface area contributed by atoms with Crippen LogP contribution in [0.25, 0.3) is 20.9 Å². The lowest BCUT2D eigenvalue weighted by Crippen LogP contribution is -2.17. The van der Waals surface area contributed by atoms with Crippen LogP contribution in [0.2, 0.25) is 0 Å². The molecule has 0 atom stereocenters. The fourth-order valence-electron chi connectivity index (χ4n) is 2.44. The molecular weight excluding hydrogens is 400 g/mol. The number of rotatable bonds is 4. The Kier molecular flexibility index (Phi) is 5.46. The standard InChI is InChI=1S/C20H15BrO3S/c1-2-24-20(23)18-16(22)12-17(13-8-10-15(21)11-9-13)25-19(18)14-6-4-3-5-7-14/h3-12H,2H2,1H3. The van der Waals surface area contributed by atoms with Gasteiger partial charge < -0.3 is 4.74 Å². The van der Waals surface area contributed by atoms with E-state index in [1.165, 1.54) is 17.4 Å². The number of benzene rings is 2. The highest BCUT2D eigenvalue weighted by Crippen LogP contribution is 2.34. The number of carbonyl (C=O) groups is 1. The Morgan fingerprint density at radius 2 is 1.72 bits per heavy atom. The van der Waals surface area contributed by atoms with E-state index in [0.29, 0.717) is 4.88 Å². The van der Waals surface area contributed by atoms with E-state index < -0.39 is 5.97 Å². The van der Waals surface area contributed by atoms with Crippen LogP contribution in [0.5, 0.6) is 0 Å². The summed E-state index contributed by atoms with van der Waals surface area (Å²) in [5.74, 6) is -0.579. The zero-order valence-corrected chi connectivity index (χ0v) is 15.9. The van der Waals surface area contributed by atoms with E-state index in [2.05, 4.69) is 15.9 Å². The zero-order valence-electron chi connectivity index (χ0n) is 13.5. The maximum atomic E-state index is 12.7. The van der Waals surface area contributed by atoms with Crippen molar-refractivity contribution in [1.82, 2.24) is 0 Å². The van der Waals surface area contributed by atoms with Crippen molar-refractivity contribution in [2.75, 3.05) is 6.61 Å². The predicted molar refractivity (Wildman–Crippen MR) is 105 cm³/mol. The van der Waals surface area contributed by atoms with Gasteiger partial charge in [0.25, 0.3) is 0 Å². The van der Waals surface area contributed by atoms with Crippen molar-refractivity contribution in [1.29, 1.82) is 0 Å². The lowest BCUT2D eigenvalue weighted by atomic mass is 10.1. The summed E-state index contributed by atoms with van der Waals surface area (Å²) < 4.78 is 6.06. The molecule has 5 heteroatoms. The van der Waals surface area contributed by atoms with Gasteiger partial charge in [0, 0.05) is 15.4 Å². The highest BCUT2D eigenvalue weighted by atomic mass is 79.9. The number of carbonyl (C=O) groups excluding carboxylic acids is 1. The Bertz CT molecular complexity index is 947. The molecule has 0 radical (unpaired) electrons. The summed E-state index contributed by atoms with van der Waals surface area (Å²) in [4.78, 5) is 26.5. The van der Waals surface area contributed by atoms with E-state index in [9.17, 15) is 9.59 Å². The summed E-state index contributed by atoms with van der Waals surface area (Å²) in [5, 5.41) is 0. The Morgan fingerprint density at radius 1 is 1.04 bits per heavy atom. The van der Waals surface area contributed by atoms with Gasteiger partial charge in [-0.05, 0) is 30.2 Å². The first kappa shape index (κ1) is 17.6. The van der Waals surface area contributed by atoms with Crippen LogP contribution in [0, 0.1) is 0 Å². The average Bonchev–Trinajstić information content (AvgIpc) is 2.62. The van der Waals surface area contributed by atoms with Crippen LogP contribution in [-0.2, 0) is 4.74 Å². The van der Waals surface area contributed by atoms with Gasteiger partial charge in [0.2, 0.25) is 0 Å². The van der Waals surface area contributed by atoms with E-state index in [-0.39, 0.29) is 17.6 Å². The fraction of sp³-hybridized carbons (Fsp3) is 0.100. The number of hydrogen-bond acceptors (Lipinski definition) is 4. The topological polar surface area (TPSA) is 43.4 Å². The maximum Gasteiger partial charge on any atom is 0.343 e. The number of esters is 1. The third-order valence-corrected chi connectivity index (χ3v) is 5.34. The van der Waals surface area contributed by atoms with Gasteiger partial charge in [-0.1, -0.05) is 58.4 Å². The normalized spacial score (nSPS) is 10.5. The number of halogens is 1. The van der Waals surface area contributed by atoms with Crippen molar-refractivity contribution in [3.63, 3.8) is 0 Å². The lowest BCUT2D eigenvalue weighted by Gasteiger charge is -2.10. The van der Waals surface area contributed by atoms with E-state index in [4.69, 9.17) is 4.74 Å². The molecule has 3 aromatic rings. The molecule has 1 heterocycles. The molecule has 3 nitrogen and oxygen atoms in total. The molecule has 0 saturated carbocycles. The van der Waals surface area contributed by atoms with Crippen LogP contribution in [0.3, 0.4) is 0 Å². The van der Waals surface area contributed by atoms with Crippen LogP contribution < -0.4 is 5.43 Å². The second-order valence-electron chi connectivity index (χ2n) is 5.27. The Morgan fingerprint density at radius 3 is 2.36 bits per heavy atom. The molecular formula is C20H15BrO3S. The summed E-state index contributed by atoms with van der Waals surface area (Å²) in [7, 11) is 0. The van der Waals surface area contributed by atoms with Gasteiger partial charge in [-0.3, -0.25) is 4.79 Å². The van der Waals surface area contributed by atoms with Crippen LogP contribution >= 0.6 is 27.3 Å². The molecule has 0 saturated heterocycles. The van der Waals surface area contributed by atoms with Crippen molar-refractivity contribution in [2.24, 2.45) is 0 Å². The minimum Gasteiger partial charge on any atom is -0.462 e. The molecule has 25 heavy (non-hydrogen) atoms. The van der Waals surface area contributed by atoms with Gasteiger partial charge in [0.1, 0.15) is 5.56 Å². The highest BCUT2D eigenvalue weighted by molar-refractivity contribution is 9.10. The van der Waals surface area contributed by atoms with E-state index in [0.717, 1.165) is 20.5 Å². The third kappa shape index (κ3) is 3.89. The minimum atomic E-state index is -0.579. The minimum absolute atomic E-state index is 0.0962. The largest absolute Gasteiger partial charge is 0.462 e. The molecule has 0 amide bonds. The molecule has 0 aliphatic heterocycles. The zero-order chi connectivity index (χ0) is 17.8. The molecule has 1 aromatic heterocycles. The van der Waals surface area contributed by atoms with Gasteiger partial charge in [-0.2, -0.15) is 0 Å². The molecule has 126 valence electrons. The van der Waals surface area contributed by atoms with Gasteiger partial charge in [0.05, 0.1) is 11.5 Å². The molecule has 0 aliphatic rings. The van der Waals surface area contributed by atoms with Crippen molar-refractivity contribution in [3.8, 4) is 20.9 Å². The Balaban J connectivity index is 2.22. The second kappa shape index (κ2) is 7.76. The molecule has 0 unspecified atom stereocenters. The van der Waals surface area contributed by atoms with Crippen molar-refractivity contribution in [2.45, 2.75) is 6.92 Å². The summed E-state index contributed by atoms with van der Waals surface area (Å²) in [6.45, 7) is 1.95. The SMILES string of the molecule is CCOC(=O)c1c(-c2ccccc2)sc(-c2ccc(Br)cc2)cc1=O. The number of hydrogen-bond donors (Lipinski definition) is 0. The van der Waals surface area contributed by atoms with E-state index in [1.54, 1.807) is 6.92 Å². The van der Waals surface area contributed by atoms with Crippen LogP contribution in [0.4, 0.5) is 0 Å². The quantitative estimate of drug-likeness (QED) is 0.538. The first-order valence-electron chi connectivity index (χ1n) is 7.76. The highest BCUT2D eigenvalue weighted by Gasteiger charge is 2.20. The summed E-state index contributed by atoms with van der Waals surface area (Å²) in [5.41, 5.74) is 1.53. The average molecular weight is 415 g/mol. The molecule has 3 rings (SSSR count). The second-order valence-corrected chi connectivity index (χ2v) is 7.24. The maximum absolute atomic E-state index is 12.7. The first-order chi connectivity index (χ1) is 12.1. The van der Waals surface area contributed by atoms with Gasteiger partial charge in [0.15, 0.2) is 5.43 Å². The van der Waals surface area contributed by atoms with Crippen LogP contribution in [0.15, 0.2) is 69.9 Å². The molecule has 0 N–H and O–H groups in total. The fourth-order valence-corrected chi connectivity index (χ4v) is 3.88. The van der Waals surface area contributed by atoms with Gasteiger partial charge in [-0.15, -0.1) is 11.3 Å². The van der Waals surface area contributed by atoms with Crippen molar-refractivity contribution in [3.05, 3.63) is 80.9 Å². The van der Waals surface area contributed by atoms with Crippen LogP contribution in [0.1, 0.15) is 17.3 Å². The lowest BCUT2D eigenvalue weighted by molar-refractivity contribution is 0.0526. The van der Waals surface area contributed by atoms with Crippen molar-refractivity contribution >= 4 is 33.2 Å². The molecule has 0 spiro atoms. The molecule has 0 fully saturated rings. The first-order valence-corrected chi connectivity index (χ1v) is 9.37.